The number of carbonyl (C=O) groups excluding carboxylic acids is 2. The van der Waals surface area contributed by atoms with Crippen LogP contribution < -0.4 is 10.5 Å². The van der Waals surface area contributed by atoms with Crippen LogP contribution in [-0.2, 0) is 4.79 Å². The third kappa shape index (κ3) is 2.07. The predicted octanol–water partition coefficient (Wildman–Crippen LogP) is 2.97. The first-order chi connectivity index (χ1) is 10.2. The van der Waals surface area contributed by atoms with Crippen molar-refractivity contribution in [1.82, 2.24) is 0 Å². The molecule has 0 aliphatic carbocycles. The third-order valence-electron chi connectivity index (χ3n) is 3.27. The van der Waals surface area contributed by atoms with Gasteiger partial charge in [0.15, 0.2) is 11.0 Å². The molecule has 3 rings (SSSR count). The number of carbonyl (C=O) groups is 1. The van der Waals surface area contributed by atoms with Gasteiger partial charge in [0.2, 0.25) is 0 Å². The second-order valence-electron chi connectivity index (χ2n) is 4.54. The maximum absolute atomic E-state index is 12.7. The van der Waals surface area contributed by atoms with Gasteiger partial charge in [-0.15, -0.1) is 0 Å². The molecule has 0 fully saturated rings. The van der Waals surface area contributed by atoms with E-state index in [4.69, 9.17) is 10.5 Å². The summed E-state index contributed by atoms with van der Waals surface area (Å²) in [6.45, 7) is 2.26. The van der Waals surface area contributed by atoms with E-state index in [-0.39, 0.29) is 5.78 Å². The van der Waals surface area contributed by atoms with Crippen molar-refractivity contribution in [3.63, 3.8) is 0 Å². The van der Waals surface area contributed by atoms with Crippen LogP contribution in [0.15, 0.2) is 46.2 Å². The Kier molecular flexibility index (Phi) is 3.37. The van der Waals surface area contributed by atoms with Crippen molar-refractivity contribution in [1.29, 1.82) is 0 Å². The fourth-order valence-electron chi connectivity index (χ4n) is 2.44. The van der Waals surface area contributed by atoms with Crippen molar-refractivity contribution in [2.24, 2.45) is 0 Å². The Balaban J connectivity index is 2.37. The zero-order chi connectivity index (χ0) is 15.0. The lowest BCUT2D eigenvalue weighted by Gasteiger charge is -2.22. The number of nitrogen functional groups attached to an aromatic ring is 1. The smallest absolute Gasteiger partial charge is 0.199 e. The number of ether oxygens (including phenoxy) is 1. The van der Waals surface area contributed by atoms with Crippen LogP contribution in [0.2, 0.25) is 0 Å². The summed E-state index contributed by atoms with van der Waals surface area (Å²) in [6.07, 6.45) is 0. The van der Waals surface area contributed by atoms with E-state index in [1.165, 1.54) is 0 Å². The molecule has 2 N–H and O–H groups in total. The maximum atomic E-state index is 12.7. The van der Waals surface area contributed by atoms with Gasteiger partial charge in [-0.1, -0.05) is 12.1 Å². The topological polar surface area (TPSA) is 69.4 Å². The monoisotopic (exact) mass is 299 g/mol. The zero-order valence-corrected chi connectivity index (χ0v) is 12.2. The van der Waals surface area contributed by atoms with Crippen molar-refractivity contribution < 1.29 is 14.3 Å². The van der Waals surface area contributed by atoms with Crippen LogP contribution in [0.1, 0.15) is 22.8 Å². The van der Waals surface area contributed by atoms with Crippen molar-refractivity contribution >= 4 is 27.2 Å². The number of fused-ring (bicyclic) bond motifs is 2. The summed E-state index contributed by atoms with van der Waals surface area (Å²) in [5.74, 6) is 0.294. The molecule has 1 unspecified atom stereocenters. The first-order valence-corrected chi connectivity index (χ1v) is 7.72. The summed E-state index contributed by atoms with van der Waals surface area (Å²) in [4.78, 5) is 25.5. The van der Waals surface area contributed by atoms with Gasteiger partial charge in [-0.2, -0.15) is 0 Å². The SMILES string of the molecule is CCOc1cc(N)cc2c1C(=O)c1ccccc1S2=C=O. The minimum absolute atomic E-state index is 0.136. The highest BCUT2D eigenvalue weighted by Gasteiger charge is 2.30. The molecular weight excluding hydrogens is 286 g/mol. The minimum Gasteiger partial charge on any atom is -0.493 e. The van der Waals surface area contributed by atoms with Gasteiger partial charge < -0.3 is 10.5 Å². The number of hydrogen-bond donors (Lipinski definition) is 1. The highest BCUT2D eigenvalue weighted by molar-refractivity contribution is 8.14. The van der Waals surface area contributed by atoms with Crippen LogP contribution in [0, 0.1) is 0 Å². The molecule has 2 aromatic carbocycles. The van der Waals surface area contributed by atoms with E-state index in [1.807, 2.05) is 18.2 Å². The molecule has 106 valence electrons. The zero-order valence-electron chi connectivity index (χ0n) is 11.4. The summed E-state index contributed by atoms with van der Waals surface area (Å²) < 4.78 is 5.54. The standard InChI is InChI=1S/C16H13NO3S/c1-2-20-12-7-10(17)8-14-15(12)16(19)11-5-3-4-6-13(11)21(14)9-18/h3-8H,2,17H2,1H3. The highest BCUT2D eigenvalue weighted by atomic mass is 32.2. The number of ketones is 1. The van der Waals surface area contributed by atoms with E-state index in [0.717, 1.165) is 0 Å². The van der Waals surface area contributed by atoms with Gasteiger partial charge in [0, 0.05) is 27.1 Å². The van der Waals surface area contributed by atoms with Gasteiger partial charge >= 0.3 is 0 Å². The molecule has 0 aromatic heterocycles. The van der Waals surface area contributed by atoms with Crippen LogP contribution in [-0.4, -0.2) is 17.6 Å². The Morgan fingerprint density at radius 2 is 2.00 bits per heavy atom. The highest BCUT2D eigenvalue weighted by Crippen LogP contribution is 2.47. The number of hydrogen-bond acceptors (Lipinski definition) is 4. The molecule has 1 aliphatic heterocycles. The van der Waals surface area contributed by atoms with Gasteiger partial charge in [0.25, 0.3) is 0 Å². The molecule has 1 atom stereocenters. The molecule has 21 heavy (non-hydrogen) atoms. The van der Waals surface area contributed by atoms with E-state index >= 15 is 0 Å². The quantitative estimate of drug-likeness (QED) is 0.583. The Bertz CT molecular complexity index is 807. The van der Waals surface area contributed by atoms with Crippen molar-refractivity contribution in [2.45, 2.75) is 16.7 Å². The maximum Gasteiger partial charge on any atom is 0.199 e. The van der Waals surface area contributed by atoms with E-state index in [1.54, 1.807) is 30.3 Å². The lowest BCUT2D eigenvalue weighted by atomic mass is 10.0. The van der Waals surface area contributed by atoms with Crippen molar-refractivity contribution in [3.8, 4) is 5.75 Å². The van der Waals surface area contributed by atoms with Gasteiger partial charge in [0.05, 0.1) is 12.2 Å². The van der Waals surface area contributed by atoms with Gasteiger partial charge in [-0.3, -0.25) is 4.79 Å². The average Bonchev–Trinajstić information content (AvgIpc) is 2.48. The Morgan fingerprint density at radius 1 is 1.24 bits per heavy atom. The third-order valence-corrected chi connectivity index (χ3v) is 4.99. The molecule has 0 saturated heterocycles. The molecule has 0 radical (unpaired) electrons. The van der Waals surface area contributed by atoms with E-state index in [0.29, 0.717) is 39.0 Å². The average molecular weight is 299 g/mol. The second-order valence-corrected chi connectivity index (χ2v) is 6.20. The summed E-state index contributed by atoms with van der Waals surface area (Å²) >= 11 is 0. The second kappa shape index (κ2) is 5.20. The number of rotatable bonds is 2. The molecule has 0 amide bonds. The van der Waals surface area contributed by atoms with Crippen LogP contribution >= 0.6 is 10.5 Å². The molecular formula is C16H13NO3S. The first kappa shape index (κ1) is 13.6. The molecule has 2 aromatic rings. The summed E-state index contributed by atoms with van der Waals surface area (Å²) in [7, 11) is -0.933. The van der Waals surface area contributed by atoms with E-state index in [9.17, 15) is 9.59 Å². The summed E-state index contributed by atoms with van der Waals surface area (Å²) in [6, 6.07) is 10.4. The molecule has 0 spiro atoms. The lowest BCUT2D eigenvalue weighted by molar-refractivity contribution is 0.102. The Hall–Kier alpha value is -2.36. The Morgan fingerprint density at radius 3 is 2.71 bits per heavy atom. The molecule has 1 aliphatic rings. The number of anilines is 1. The van der Waals surface area contributed by atoms with Gasteiger partial charge in [-0.25, -0.2) is 4.79 Å². The normalized spacial score (nSPS) is 15.9. The van der Waals surface area contributed by atoms with Crippen LogP contribution in [0.5, 0.6) is 5.75 Å². The largest absolute Gasteiger partial charge is 0.493 e. The minimum atomic E-state index is -0.933. The number of nitrogens with two attached hydrogens (primary N) is 1. The van der Waals surface area contributed by atoms with Gasteiger partial charge in [-0.05, 0) is 35.6 Å². The number of benzene rings is 2. The molecule has 1 heterocycles. The van der Waals surface area contributed by atoms with Crippen molar-refractivity contribution in [2.75, 3.05) is 12.3 Å². The molecule has 5 heteroatoms. The fourth-order valence-corrected chi connectivity index (χ4v) is 4.10. The van der Waals surface area contributed by atoms with E-state index in [2.05, 4.69) is 0 Å². The molecule has 0 saturated carbocycles. The van der Waals surface area contributed by atoms with Crippen LogP contribution in [0.25, 0.3) is 0 Å². The van der Waals surface area contributed by atoms with Crippen LogP contribution in [0.4, 0.5) is 5.69 Å². The lowest BCUT2D eigenvalue weighted by Crippen LogP contribution is -2.13. The van der Waals surface area contributed by atoms with E-state index < -0.39 is 10.5 Å². The fraction of sp³-hybridized carbons (Fsp3) is 0.125. The van der Waals surface area contributed by atoms with Crippen molar-refractivity contribution in [3.05, 3.63) is 47.5 Å². The molecule has 0 bridgehead atoms. The van der Waals surface area contributed by atoms with Gasteiger partial charge in [0.1, 0.15) is 5.75 Å². The summed E-state index contributed by atoms with van der Waals surface area (Å²) in [5, 5.41) is 2.05. The first-order valence-electron chi connectivity index (χ1n) is 6.49. The summed E-state index contributed by atoms with van der Waals surface area (Å²) in [5.41, 5.74) is 7.31. The molecule has 4 nitrogen and oxygen atoms in total. The van der Waals surface area contributed by atoms with Crippen LogP contribution in [0.3, 0.4) is 0 Å². The Labute approximate surface area is 124 Å². The predicted molar refractivity (Wildman–Crippen MR) is 81.7 cm³/mol.